The summed E-state index contributed by atoms with van der Waals surface area (Å²) in [6.07, 6.45) is 9.50. The van der Waals surface area contributed by atoms with Gasteiger partial charge in [-0.15, -0.1) is 0 Å². The fourth-order valence-corrected chi connectivity index (χ4v) is 1.84. The van der Waals surface area contributed by atoms with Crippen LogP contribution in [0.1, 0.15) is 71.8 Å². The van der Waals surface area contributed by atoms with Crippen molar-refractivity contribution in [1.82, 2.24) is 0 Å². The molecule has 0 aliphatic heterocycles. The second kappa shape index (κ2) is 12.7. The topological polar surface area (TPSA) is 0 Å². The van der Waals surface area contributed by atoms with Crippen molar-refractivity contribution in [2.24, 2.45) is 5.92 Å². The van der Waals surface area contributed by atoms with E-state index in [1.54, 1.807) is 0 Å². The van der Waals surface area contributed by atoms with Gasteiger partial charge in [-0.2, -0.15) is 0 Å². The Kier molecular flexibility index (Phi) is 12.1. The van der Waals surface area contributed by atoms with Crippen molar-refractivity contribution in [3.8, 4) is 0 Å². The summed E-state index contributed by atoms with van der Waals surface area (Å²) in [5.74, 6) is 0.817. The van der Waals surface area contributed by atoms with E-state index < -0.39 is 0 Å². The highest BCUT2D eigenvalue weighted by Crippen LogP contribution is 2.10. The molecule has 0 saturated heterocycles. The molecule has 0 aliphatic rings. The van der Waals surface area contributed by atoms with Crippen molar-refractivity contribution in [2.75, 3.05) is 0 Å². The zero-order valence-electron chi connectivity index (χ0n) is 12.9. The highest BCUT2D eigenvalue weighted by molar-refractivity contribution is 5.14. The summed E-state index contributed by atoms with van der Waals surface area (Å²) in [6.45, 7) is 9.03. The highest BCUT2D eigenvalue weighted by atomic mass is 14.0. The number of hydrogen-bond donors (Lipinski definition) is 0. The molecular weight excluding hydrogens is 216 g/mol. The molecule has 0 spiro atoms. The number of hydrogen-bond acceptors (Lipinski definition) is 0. The zero-order valence-corrected chi connectivity index (χ0v) is 12.9. The lowest BCUT2D eigenvalue weighted by atomic mass is 9.99. The third-order valence-electron chi connectivity index (χ3n) is 3.33. The van der Waals surface area contributed by atoms with E-state index in [1.165, 1.54) is 50.5 Å². The molecule has 0 bridgehead atoms. The van der Waals surface area contributed by atoms with E-state index in [0.29, 0.717) is 0 Å². The molecule has 0 radical (unpaired) electrons. The summed E-state index contributed by atoms with van der Waals surface area (Å²) in [7, 11) is 0. The molecule has 0 fully saturated rings. The van der Waals surface area contributed by atoms with Crippen LogP contribution in [0.3, 0.4) is 0 Å². The van der Waals surface area contributed by atoms with Crippen molar-refractivity contribution in [3.63, 3.8) is 0 Å². The predicted octanol–water partition coefficient (Wildman–Crippen LogP) is 6.25. The summed E-state index contributed by atoms with van der Waals surface area (Å²) in [5, 5.41) is 0. The molecule has 104 valence electrons. The van der Waals surface area contributed by atoms with Crippen LogP contribution in [-0.4, -0.2) is 0 Å². The standard InChI is InChI=1S/C11H16.C7H16/c1-3-10(2)9-11-7-5-4-6-8-11;1-3-5-7-6-4-2/h4-8,10H,3,9H2,1-2H3;3-7H2,1-2H3. The van der Waals surface area contributed by atoms with Gasteiger partial charge in [0.1, 0.15) is 0 Å². The zero-order chi connectivity index (χ0) is 13.6. The van der Waals surface area contributed by atoms with E-state index in [9.17, 15) is 0 Å². The average molecular weight is 248 g/mol. The van der Waals surface area contributed by atoms with Crippen LogP contribution in [0.4, 0.5) is 0 Å². The maximum absolute atomic E-state index is 2.30. The molecule has 1 rings (SSSR count). The number of unbranched alkanes of at least 4 members (excludes halogenated alkanes) is 4. The van der Waals surface area contributed by atoms with Crippen molar-refractivity contribution >= 4 is 0 Å². The second-order valence-electron chi connectivity index (χ2n) is 5.26. The molecule has 0 N–H and O–H groups in total. The van der Waals surface area contributed by atoms with Gasteiger partial charge in [-0.3, -0.25) is 0 Å². The third kappa shape index (κ3) is 10.4. The molecule has 18 heavy (non-hydrogen) atoms. The fraction of sp³-hybridized carbons (Fsp3) is 0.667. The molecular formula is C18H32. The Bertz CT molecular complexity index is 246. The van der Waals surface area contributed by atoms with Crippen molar-refractivity contribution in [1.29, 1.82) is 0 Å². The molecule has 1 aromatic carbocycles. The van der Waals surface area contributed by atoms with Crippen LogP contribution in [-0.2, 0) is 6.42 Å². The third-order valence-corrected chi connectivity index (χ3v) is 3.33. The van der Waals surface area contributed by atoms with Gasteiger partial charge in [0, 0.05) is 0 Å². The molecule has 0 nitrogen and oxygen atoms in total. The summed E-state index contributed by atoms with van der Waals surface area (Å²) >= 11 is 0. The van der Waals surface area contributed by atoms with Gasteiger partial charge in [-0.25, -0.2) is 0 Å². The van der Waals surface area contributed by atoms with E-state index in [2.05, 4.69) is 58.0 Å². The first kappa shape index (κ1) is 17.2. The van der Waals surface area contributed by atoms with E-state index in [-0.39, 0.29) is 0 Å². The van der Waals surface area contributed by atoms with Crippen LogP contribution < -0.4 is 0 Å². The van der Waals surface area contributed by atoms with Crippen LogP contribution in [0, 0.1) is 5.92 Å². The van der Waals surface area contributed by atoms with Crippen LogP contribution in [0.15, 0.2) is 30.3 Å². The number of rotatable bonds is 7. The predicted molar refractivity (Wildman–Crippen MR) is 84.0 cm³/mol. The summed E-state index contributed by atoms with van der Waals surface area (Å²) < 4.78 is 0. The lowest BCUT2D eigenvalue weighted by Gasteiger charge is -2.06. The Balaban J connectivity index is 0.000000360. The van der Waals surface area contributed by atoms with Gasteiger partial charge in [0.15, 0.2) is 0 Å². The first-order valence-corrected chi connectivity index (χ1v) is 7.78. The normalized spacial score (nSPS) is 11.6. The maximum atomic E-state index is 2.30. The number of benzene rings is 1. The van der Waals surface area contributed by atoms with Crippen molar-refractivity contribution < 1.29 is 0 Å². The average Bonchev–Trinajstić information content (AvgIpc) is 2.41. The van der Waals surface area contributed by atoms with Gasteiger partial charge in [-0.05, 0) is 17.9 Å². The van der Waals surface area contributed by atoms with Gasteiger partial charge < -0.3 is 0 Å². The molecule has 0 heterocycles. The molecule has 0 aromatic heterocycles. The van der Waals surface area contributed by atoms with E-state index >= 15 is 0 Å². The SMILES string of the molecule is CCC(C)Cc1ccccc1.CCCCCCC. The summed E-state index contributed by atoms with van der Waals surface area (Å²) in [6, 6.07) is 10.7. The molecule has 0 amide bonds. The van der Waals surface area contributed by atoms with E-state index in [4.69, 9.17) is 0 Å². The fourth-order valence-electron chi connectivity index (χ4n) is 1.84. The van der Waals surface area contributed by atoms with Gasteiger partial charge in [-0.1, -0.05) is 96.6 Å². The Morgan fingerprint density at radius 3 is 1.83 bits per heavy atom. The van der Waals surface area contributed by atoms with Crippen LogP contribution in [0.5, 0.6) is 0 Å². The largest absolute Gasteiger partial charge is 0.0654 e. The molecule has 0 saturated carbocycles. The Morgan fingerprint density at radius 1 is 0.833 bits per heavy atom. The smallest absolute Gasteiger partial charge is 0.0253 e. The Morgan fingerprint density at radius 2 is 1.39 bits per heavy atom. The molecule has 1 atom stereocenters. The lowest BCUT2D eigenvalue weighted by molar-refractivity contribution is 0.560. The van der Waals surface area contributed by atoms with Crippen LogP contribution >= 0.6 is 0 Å². The van der Waals surface area contributed by atoms with Crippen molar-refractivity contribution in [3.05, 3.63) is 35.9 Å². The molecule has 0 heteroatoms. The van der Waals surface area contributed by atoms with Gasteiger partial charge in [0.2, 0.25) is 0 Å². The quantitative estimate of drug-likeness (QED) is 0.500. The Labute approximate surface area is 115 Å². The van der Waals surface area contributed by atoms with Crippen LogP contribution in [0.25, 0.3) is 0 Å². The van der Waals surface area contributed by atoms with Gasteiger partial charge >= 0.3 is 0 Å². The Hall–Kier alpha value is -0.780. The minimum atomic E-state index is 0.817. The molecule has 1 unspecified atom stereocenters. The summed E-state index contributed by atoms with van der Waals surface area (Å²) in [4.78, 5) is 0. The minimum Gasteiger partial charge on any atom is -0.0654 e. The highest BCUT2D eigenvalue weighted by Gasteiger charge is 1.98. The summed E-state index contributed by atoms with van der Waals surface area (Å²) in [5.41, 5.74) is 1.46. The van der Waals surface area contributed by atoms with Gasteiger partial charge in [0.05, 0.1) is 0 Å². The van der Waals surface area contributed by atoms with E-state index in [1.807, 2.05) is 0 Å². The van der Waals surface area contributed by atoms with Crippen LogP contribution in [0.2, 0.25) is 0 Å². The first-order chi connectivity index (χ1) is 8.74. The molecule has 0 aliphatic carbocycles. The van der Waals surface area contributed by atoms with Crippen molar-refractivity contribution in [2.45, 2.75) is 72.6 Å². The first-order valence-electron chi connectivity index (χ1n) is 7.78. The maximum Gasteiger partial charge on any atom is -0.0253 e. The van der Waals surface area contributed by atoms with E-state index in [0.717, 1.165) is 5.92 Å². The molecule has 1 aromatic rings. The lowest BCUT2D eigenvalue weighted by Crippen LogP contribution is -1.96. The monoisotopic (exact) mass is 248 g/mol. The van der Waals surface area contributed by atoms with Gasteiger partial charge in [0.25, 0.3) is 0 Å². The minimum absolute atomic E-state index is 0.817. The second-order valence-corrected chi connectivity index (χ2v) is 5.26.